The Hall–Kier alpha value is -2.54. The third kappa shape index (κ3) is 5.66. The Kier molecular flexibility index (Phi) is 7.32. The number of aryl methyl sites for hydroxylation is 1. The van der Waals surface area contributed by atoms with E-state index in [4.69, 9.17) is 21.1 Å². The average Bonchev–Trinajstić information content (AvgIpc) is 3.36. The lowest BCUT2D eigenvalue weighted by atomic mass is 9.77. The molecule has 35 heavy (non-hydrogen) atoms. The summed E-state index contributed by atoms with van der Waals surface area (Å²) in [6, 6.07) is 14.4. The normalized spacial score (nSPS) is 21.4. The molecule has 2 saturated heterocycles. The second-order valence-electron chi connectivity index (χ2n) is 10.0. The number of morpholine rings is 1. The lowest BCUT2D eigenvalue weighted by molar-refractivity contribution is -0.139. The van der Waals surface area contributed by atoms with Crippen LogP contribution in [0.1, 0.15) is 30.4 Å². The molecule has 3 heterocycles. The summed E-state index contributed by atoms with van der Waals surface area (Å²) >= 11 is 6.22. The molecule has 2 aromatic carbocycles. The van der Waals surface area contributed by atoms with E-state index in [1.807, 2.05) is 36.2 Å². The maximum atomic E-state index is 13.4. The zero-order valence-corrected chi connectivity index (χ0v) is 21.2. The van der Waals surface area contributed by atoms with Crippen LogP contribution in [0.25, 0.3) is 10.9 Å². The highest BCUT2D eigenvalue weighted by Gasteiger charge is 2.39. The molecule has 0 aliphatic carbocycles. The lowest BCUT2D eigenvalue weighted by Crippen LogP contribution is -2.50. The molecule has 2 fully saturated rings. The Morgan fingerprint density at radius 2 is 2.03 bits per heavy atom. The maximum Gasteiger partial charge on any atom is 0.223 e. The number of likely N-dealkylation sites (tertiary alicyclic amines) is 1. The van der Waals surface area contributed by atoms with Crippen LogP contribution in [0, 0.1) is 12.3 Å². The summed E-state index contributed by atoms with van der Waals surface area (Å²) in [7, 11) is 0. The minimum atomic E-state index is -0.243. The van der Waals surface area contributed by atoms with Gasteiger partial charge in [0.2, 0.25) is 5.91 Å². The molecule has 0 radical (unpaired) electrons. The predicted octanol–water partition coefficient (Wildman–Crippen LogP) is 5.04. The molecule has 6 nitrogen and oxygen atoms in total. The van der Waals surface area contributed by atoms with E-state index in [9.17, 15) is 4.79 Å². The molecule has 0 bridgehead atoms. The molecule has 2 aliphatic heterocycles. The summed E-state index contributed by atoms with van der Waals surface area (Å²) < 4.78 is 11.8. The topological polar surface area (TPSA) is 57.8 Å². The molecule has 5 rings (SSSR count). The fraction of sp³-hybridized carbons (Fsp3) is 0.464. The molecular formula is C28H34ClN3O3. The third-order valence-electron chi connectivity index (χ3n) is 7.38. The highest BCUT2D eigenvalue weighted by atomic mass is 35.5. The van der Waals surface area contributed by atoms with Gasteiger partial charge in [-0.1, -0.05) is 23.7 Å². The number of piperidine rings is 1. The van der Waals surface area contributed by atoms with Crippen molar-refractivity contribution in [2.75, 3.05) is 46.0 Å². The standard InChI is InChI=1S/C28H34ClN3O3/c1-21-16-23(6-7-25(21)29)35-20-28(17-27(33)32-12-14-34-15-13-32)9-3-11-31(19-28)18-22-4-2-5-26-24(22)8-10-30-26/h2,4-8,10,16,30H,3,9,11-15,17-20H2,1H3/t28-/m0/s1. The minimum absolute atomic E-state index is 0.207. The molecular weight excluding hydrogens is 462 g/mol. The first-order valence-electron chi connectivity index (χ1n) is 12.5. The number of rotatable bonds is 7. The van der Waals surface area contributed by atoms with Crippen molar-refractivity contribution in [3.8, 4) is 5.75 Å². The molecule has 1 amide bonds. The molecule has 3 aromatic rings. The summed E-state index contributed by atoms with van der Waals surface area (Å²) in [6.45, 7) is 7.79. The van der Waals surface area contributed by atoms with E-state index in [2.05, 4.69) is 34.1 Å². The summed E-state index contributed by atoms with van der Waals surface area (Å²) in [4.78, 5) is 21.1. The number of nitrogens with zero attached hydrogens (tertiary/aromatic N) is 2. The van der Waals surface area contributed by atoms with Crippen molar-refractivity contribution in [1.82, 2.24) is 14.8 Å². The van der Waals surface area contributed by atoms with Gasteiger partial charge in [0, 0.05) is 60.1 Å². The number of benzene rings is 2. The monoisotopic (exact) mass is 495 g/mol. The van der Waals surface area contributed by atoms with Crippen molar-refractivity contribution >= 4 is 28.4 Å². The number of nitrogens with one attached hydrogen (secondary N) is 1. The predicted molar refractivity (Wildman–Crippen MR) is 139 cm³/mol. The smallest absolute Gasteiger partial charge is 0.223 e. The molecule has 186 valence electrons. The fourth-order valence-corrected chi connectivity index (χ4v) is 5.59. The second-order valence-corrected chi connectivity index (χ2v) is 10.4. The van der Waals surface area contributed by atoms with Gasteiger partial charge in [0.15, 0.2) is 0 Å². The van der Waals surface area contributed by atoms with E-state index in [-0.39, 0.29) is 11.3 Å². The number of aromatic nitrogens is 1. The van der Waals surface area contributed by atoms with E-state index >= 15 is 0 Å². The molecule has 7 heteroatoms. The number of amides is 1. The van der Waals surface area contributed by atoms with E-state index in [0.717, 1.165) is 54.3 Å². The maximum absolute atomic E-state index is 13.4. The molecule has 0 unspecified atom stereocenters. The van der Waals surface area contributed by atoms with Crippen molar-refractivity contribution in [2.24, 2.45) is 5.41 Å². The van der Waals surface area contributed by atoms with Crippen molar-refractivity contribution in [1.29, 1.82) is 0 Å². The third-order valence-corrected chi connectivity index (χ3v) is 7.81. The van der Waals surface area contributed by atoms with Crippen LogP contribution in [0.2, 0.25) is 5.02 Å². The zero-order chi connectivity index (χ0) is 24.3. The molecule has 1 N–H and O–H groups in total. The van der Waals surface area contributed by atoms with Gasteiger partial charge in [0.25, 0.3) is 0 Å². The van der Waals surface area contributed by atoms with Gasteiger partial charge < -0.3 is 19.4 Å². The van der Waals surface area contributed by atoms with Crippen LogP contribution in [0.15, 0.2) is 48.7 Å². The van der Waals surface area contributed by atoms with Gasteiger partial charge in [-0.2, -0.15) is 0 Å². The van der Waals surface area contributed by atoms with Crippen LogP contribution < -0.4 is 4.74 Å². The molecule has 2 aliphatic rings. The van der Waals surface area contributed by atoms with E-state index in [1.165, 1.54) is 10.9 Å². The van der Waals surface area contributed by atoms with E-state index in [0.29, 0.717) is 39.3 Å². The molecule has 0 saturated carbocycles. The van der Waals surface area contributed by atoms with Crippen molar-refractivity contribution in [3.05, 3.63) is 64.8 Å². The average molecular weight is 496 g/mol. The summed E-state index contributed by atoms with van der Waals surface area (Å²) in [5, 5.41) is 2.00. The minimum Gasteiger partial charge on any atom is -0.493 e. The van der Waals surface area contributed by atoms with Gasteiger partial charge in [0.1, 0.15) is 5.75 Å². The zero-order valence-electron chi connectivity index (χ0n) is 20.4. The number of carbonyl (C=O) groups is 1. The molecule has 1 atom stereocenters. The number of carbonyl (C=O) groups excluding carboxylic acids is 1. The Balaban J connectivity index is 1.35. The van der Waals surface area contributed by atoms with Crippen LogP contribution >= 0.6 is 11.6 Å². The van der Waals surface area contributed by atoms with Crippen molar-refractivity contribution < 1.29 is 14.3 Å². The first kappa shape index (κ1) is 24.2. The quantitative estimate of drug-likeness (QED) is 0.499. The number of H-pyrrole nitrogens is 1. The highest BCUT2D eigenvalue weighted by molar-refractivity contribution is 6.31. The molecule has 0 spiro atoms. The highest BCUT2D eigenvalue weighted by Crippen LogP contribution is 2.37. The van der Waals surface area contributed by atoms with Crippen LogP contribution in [0.3, 0.4) is 0 Å². The van der Waals surface area contributed by atoms with Crippen LogP contribution in [-0.2, 0) is 16.1 Å². The summed E-state index contributed by atoms with van der Waals surface area (Å²) in [5.74, 6) is 1.01. The first-order valence-corrected chi connectivity index (χ1v) is 12.9. The second kappa shape index (κ2) is 10.6. The van der Waals surface area contributed by atoms with E-state index in [1.54, 1.807) is 0 Å². The van der Waals surface area contributed by atoms with Gasteiger partial charge in [-0.25, -0.2) is 0 Å². The van der Waals surface area contributed by atoms with Crippen LogP contribution in [-0.4, -0.2) is 66.7 Å². The number of fused-ring (bicyclic) bond motifs is 1. The Morgan fingerprint density at radius 1 is 1.17 bits per heavy atom. The van der Waals surface area contributed by atoms with E-state index < -0.39 is 0 Å². The number of halogens is 1. The van der Waals surface area contributed by atoms with Gasteiger partial charge in [0.05, 0.1) is 19.8 Å². The SMILES string of the molecule is Cc1cc(OC[C@]2(CC(=O)N3CCOCC3)CCCN(Cc3cccc4[nH]ccc34)C2)ccc1Cl. The Morgan fingerprint density at radius 3 is 2.86 bits per heavy atom. The number of aromatic amines is 1. The van der Waals surface area contributed by atoms with Crippen molar-refractivity contribution in [2.45, 2.75) is 32.7 Å². The molecule has 1 aromatic heterocycles. The van der Waals surface area contributed by atoms with Gasteiger partial charge in [-0.05, 0) is 67.8 Å². The number of hydrogen-bond donors (Lipinski definition) is 1. The van der Waals surface area contributed by atoms with Gasteiger partial charge in [-0.3, -0.25) is 9.69 Å². The Labute approximate surface area is 212 Å². The van der Waals surface area contributed by atoms with Gasteiger partial charge in [-0.15, -0.1) is 0 Å². The van der Waals surface area contributed by atoms with Crippen LogP contribution in [0.4, 0.5) is 0 Å². The van der Waals surface area contributed by atoms with Gasteiger partial charge >= 0.3 is 0 Å². The summed E-state index contributed by atoms with van der Waals surface area (Å²) in [6.07, 6.45) is 4.51. The number of ether oxygens (including phenoxy) is 2. The fourth-order valence-electron chi connectivity index (χ4n) is 5.48. The summed E-state index contributed by atoms with van der Waals surface area (Å²) in [5.41, 5.74) is 3.23. The largest absolute Gasteiger partial charge is 0.493 e. The lowest BCUT2D eigenvalue weighted by Gasteiger charge is -2.43. The Bertz CT molecular complexity index is 1170. The number of hydrogen-bond acceptors (Lipinski definition) is 4. The van der Waals surface area contributed by atoms with Crippen molar-refractivity contribution in [3.63, 3.8) is 0 Å². The van der Waals surface area contributed by atoms with Crippen LogP contribution in [0.5, 0.6) is 5.75 Å². The first-order chi connectivity index (χ1) is 17.0.